The molecule has 6 nitrogen and oxygen atoms in total. The smallest absolute Gasteiger partial charge is 0.267 e. The fourth-order valence-electron chi connectivity index (χ4n) is 1.90. The Kier molecular flexibility index (Phi) is 5.30. The van der Waals surface area contributed by atoms with Crippen LogP contribution in [0.1, 0.15) is 5.56 Å². The van der Waals surface area contributed by atoms with Crippen molar-refractivity contribution in [3.05, 3.63) is 58.8 Å². The largest absolute Gasteiger partial charge is 0.508 e. The third kappa shape index (κ3) is 4.18. The van der Waals surface area contributed by atoms with E-state index in [1.54, 1.807) is 31.2 Å². The summed E-state index contributed by atoms with van der Waals surface area (Å²) in [5.41, 5.74) is 7.72. The average molecular weight is 343 g/mol. The second-order valence-corrected chi connectivity index (χ2v) is 5.41. The molecule has 2 aromatic rings. The summed E-state index contributed by atoms with van der Waals surface area (Å²) in [4.78, 5) is 12.2. The van der Waals surface area contributed by atoms with Crippen LogP contribution >= 0.6 is 11.6 Å². The molecule has 122 valence electrons. The van der Waals surface area contributed by atoms with E-state index in [-0.39, 0.29) is 11.3 Å². The predicted molar refractivity (Wildman–Crippen MR) is 94.7 cm³/mol. The maximum absolute atomic E-state index is 12.2. The molecule has 0 saturated heterocycles. The van der Waals surface area contributed by atoms with Gasteiger partial charge in [0.1, 0.15) is 17.4 Å². The van der Waals surface area contributed by atoms with E-state index in [9.17, 15) is 9.90 Å². The summed E-state index contributed by atoms with van der Waals surface area (Å²) in [7, 11) is 0. The van der Waals surface area contributed by atoms with Crippen LogP contribution in [0, 0.1) is 18.3 Å². The summed E-state index contributed by atoms with van der Waals surface area (Å²) in [6.07, 6.45) is 1.28. The van der Waals surface area contributed by atoms with Crippen molar-refractivity contribution in [2.45, 2.75) is 6.92 Å². The minimum Gasteiger partial charge on any atom is -0.508 e. The van der Waals surface area contributed by atoms with E-state index in [2.05, 4.69) is 10.6 Å². The van der Waals surface area contributed by atoms with Crippen molar-refractivity contribution in [1.29, 1.82) is 5.26 Å². The molecule has 0 atom stereocenters. The van der Waals surface area contributed by atoms with Crippen molar-refractivity contribution in [1.82, 2.24) is 0 Å². The fraction of sp³-hybridized carbons (Fsp3) is 0.0588. The molecule has 2 aromatic carbocycles. The van der Waals surface area contributed by atoms with E-state index in [1.807, 2.05) is 6.07 Å². The van der Waals surface area contributed by atoms with Crippen LogP contribution in [0.3, 0.4) is 0 Å². The lowest BCUT2D eigenvalue weighted by Crippen LogP contribution is -2.15. The number of hydrogen-bond donors (Lipinski definition) is 4. The molecule has 0 saturated carbocycles. The fourth-order valence-corrected chi connectivity index (χ4v) is 2.08. The number of anilines is 3. The number of nitrogens with two attached hydrogens (primary N) is 1. The molecule has 0 aliphatic carbocycles. The van der Waals surface area contributed by atoms with Gasteiger partial charge in [0.25, 0.3) is 5.91 Å². The van der Waals surface area contributed by atoms with Crippen LogP contribution in [0.25, 0.3) is 0 Å². The summed E-state index contributed by atoms with van der Waals surface area (Å²) >= 11 is 5.91. The number of carbonyl (C=O) groups is 1. The van der Waals surface area contributed by atoms with Crippen LogP contribution in [0.5, 0.6) is 5.75 Å². The molecule has 0 fully saturated rings. The van der Waals surface area contributed by atoms with Crippen molar-refractivity contribution in [2.24, 2.45) is 0 Å². The van der Waals surface area contributed by atoms with Gasteiger partial charge < -0.3 is 21.5 Å². The third-order valence-corrected chi connectivity index (χ3v) is 3.53. The Hall–Kier alpha value is -3.17. The highest BCUT2D eigenvalue weighted by Gasteiger charge is 2.11. The molecule has 0 spiro atoms. The Morgan fingerprint density at radius 1 is 1.33 bits per heavy atom. The van der Waals surface area contributed by atoms with Gasteiger partial charge in [-0.05, 0) is 48.9 Å². The highest BCUT2D eigenvalue weighted by Crippen LogP contribution is 2.23. The van der Waals surface area contributed by atoms with Gasteiger partial charge in [0.15, 0.2) is 0 Å². The number of halogens is 1. The van der Waals surface area contributed by atoms with Crippen LogP contribution in [0.2, 0.25) is 5.02 Å². The van der Waals surface area contributed by atoms with Gasteiger partial charge in [-0.15, -0.1) is 0 Å². The molecule has 0 aromatic heterocycles. The number of phenols is 1. The molecule has 0 aliphatic heterocycles. The van der Waals surface area contributed by atoms with Crippen LogP contribution < -0.4 is 16.4 Å². The lowest BCUT2D eigenvalue weighted by Gasteiger charge is -2.08. The number of amides is 1. The topological polar surface area (TPSA) is 111 Å². The number of phenolic OH excluding ortho intramolecular Hbond substituents is 1. The summed E-state index contributed by atoms with van der Waals surface area (Å²) < 4.78 is 0. The van der Waals surface area contributed by atoms with E-state index in [0.717, 1.165) is 0 Å². The van der Waals surface area contributed by atoms with Crippen LogP contribution in [0.4, 0.5) is 17.1 Å². The molecule has 0 unspecified atom stereocenters. The van der Waals surface area contributed by atoms with Gasteiger partial charge in [0.05, 0.1) is 10.7 Å². The Balaban J connectivity index is 2.13. The van der Waals surface area contributed by atoms with Gasteiger partial charge >= 0.3 is 0 Å². The Labute approximate surface area is 144 Å². The van der Waals surface area contributed by atoms with Crippen LogP contribution in [0.15, 0.2) is 48.2 Å². The maximum atomic E-state index is 12.2. The zero-order chi connectivity index (χ0) is 17.7. The van der Waals surface area contributed by atoms with Crippen molar-refractivity contribution in [2.75, 3.05) is 16.4 Å². The number of benzene rings is 2. The van der Waals surface area contributed by atoms with Crippen LogP contribution in [-0.4, -0.2) is 11.0 Å². The molecule has 1 amide bonds. The van der Waals surface area contributed by atoms with Crippen molar-refractivity contribution < 1.29 is 9.90 Å². The first kappa shape index (κ1) is 17.2. The zero-order valence-electron chi connectivity index (χ0n) is 12.8. The number of aryl methyl sites for hydroxylation is 1. The van der Waals surface area contributed by atoms with E-state index in [1.165, 1.54) is 18.3 Å². The van der Waals surface area contributed by atoms with Gasteiger partial charge in [-0.2, -0.15) is 5.26 Å². The lowest BCUT2D eigenvalue weighted by molar-refractivity contribution is -0.112. The molecule has 2 rings (SSSR count). The summed E-state index contributed by atoms with van der Waals surface area (Å²) in [5, 5.41) is 24.4. The number of nitriles is 1. The molecule has 0 heterocycles. The normalized spacial score (nSPS) is 10.8. The van der Waals surface area contributed by atoms with E-state index in [0.29, 0.717) is 27.6 Å². The van der Waals surface area contributed by atoms with E-state index in [4.69, 9.17) is 22.6 Å². The highest BCUT2D eigenvalue weighted by atomic mass is 35.5. The van der Waals surface area contributed by atoms with Gasteiger partial charge in [-0.1, -0.05) is 11.6 Å². The minimum absolute atomic E-state index is 0.100. The van der Waals surface area contributed by atoms with Crippen molar-refractivity contribution in [3.8, 4) is 11.8 Å². The van der Waals surface area contributed by atoms with E-state index < -0.39 is 5.91 Å². The first-order valence-corrected chi connectivity index (χ1v) is 7.31. The van der Waals surface area contributed by atoms with Crippen molar-refractivity contribution >= 4 is 34.6 Å². The summed E-state index contributed by atoms with van der Waals surface area (Å²) in [6, 6.07) is 11.2. The molecule has 7 heteroatoms. The Morgan fingerprint density at radius 2 is 2.08 bits per heavy atom. The number of nitrogens with one attached hydrogen (secondary N) is 2. The molecule has 5 N–H and O–H groups in total. The molecule has 0 bridgehead atoms. The van der Waals surface area contributed by atoms with Crippen molar-refractivity contribution in [3.63, 3.8) is 0 Å². The van der Waals surface area contributed by atoms with Gasteiger partial charge in [-0.3, -0.25) is 4.79 Å². The monoisotopic (exact) mass is 342 g/mol. The molecule has 0 aliphatic rings. The number of hydrogen-bond acceptors (Lipinski definition) is 5. The number of nitrogens with zero attached hydrogens (tertiary/aromatic N) is 1. The quantitative estimate of drug-likeness (QED) is 0.294. The Bertz CT molecular complexity index is 856. The molecule has 0 radical (unpaired) electrons. The highest BCUT2D eigenvalue weighted by molar-refractivity contribution is 6.33. The average Bonchev–Trinajstić information content (AvgIpc) is 2.54. The first-order chi connectivity index (χ1) is 11.4. The van der Waals surface area contributed by atoms with Gasteiger partial charge in [0.2, 0.25) is 0 Å². The SMILES string of the molecule is Cc1cc(O)ccc1NC(=O)/C(C#N)=C\Nc1ccc(N)c(Cl)c1. The standard InChI is InChI=1S/C17H15ClN4O2/c1-10-6-13(23)3-5-16(10)22-17(24)11(8-19)9-21-12-2-4-15(20)14(18)7-12/h2-7,9,21,23H,20H2,1H3,(H,22,24)/b11-9-. The maximum Gasteiger partial charge on any atom is 0.267 e. The molecular formula is C17H15ClN4O2. The second kappa shape index (κ2) is 7.40. The predicted octanol–water partition coefficient (Wildman–Crippen LogP) is 3.39. The molecular weight excluding hydrogens is 328 g/mol. The number of rotatable bonds is 4. The van der Waals surface area contributed by atoms with E-state index >= 15 is 0 Å². The lowest BCUT2D eigenvalue weighted by atomic mass is 10.2. The number of nitrogen functional groups attached to an aromatic ring is 1. The molecule has 24 heavy (non-hydrogen) atoms. The van der Waals surface area contributed by atoms with Crippen LogP contribution in [-0.2, 0) is 4.79 Å². The Morgan fingerprint density at radius 3 is 2.71 bits per heavy atom. The second-order valence-electron chi connectivity index (χ2n) is 5.00. The summed E-state index contributed by atoms with van der Waals surface area (Å²) in [5.74, 6) is -0.469. The third-order valence-electron chi connectivity index (χ3n) is 3.21. The number of carbonyl (C=O) groups excluding carboxylic acids is 1. The zero-order valence-corrected chi connectivity index (χ0v) is 13.6. The first-order valence-electron chi connectivity index (χ1n) is 6.93. The minimum atomic E-state index is -0.569. The summed E-state index contributed by atoms with van der Waals surface area (Å²) in [6.45, 7) is 1.74. The number of aromatic hydroxyl groups is 1. The van der Waals surface area contributed by atoms with Gasteiger partial charge in [-0.25, -0.2) is 0 Å². The van der Waals surface area contributed by atoms with Gasteiger partial charge in [0, 0.05) is 17.6 Å².